The predicted octanol–water partition coefficient (Wildman–Crippen LogP) is 4.14. The number of aryl methyl sites for hydroxylation is 1. The van der Waals surface area contributed by atoms with E-state index in [1.165, 1.54) is 5.56 Å². The smallest absolute Gasteiger partial charge is 0.119 e. The number of rotatable bonds is 7. The molecule has 0 aliphatic rings. The largest absolute Gasteiger partial charge is 0.494 e. The van der Waals surface area contributed by atoms with Gasteiger partial charge in [0.15, 0.2) is 0 Å². The molecule has 0 aromatic heterocycles. The summed E-state index contributed by atoms with van der Waals surface area (Å²) < 4.78 is 5.62. The summed E-state index contributed by atoms with van der Waals surface area (Å²) in [4.78, 5) is 0. The zero-order valence-electron chi connectivity index (χ0n) is 12.0. The van der Waals surface area contributed by atoms with Crippen LogP contribution in [-0.2, 0) is 6.42 Å². The first-order chi connectivity index (χ1) is 9.79. The average molecular weight is 270 g/mol. The zero-order valence-corrected chi connectivity index (χ0v) is 12.0. The van der Waals surface area contributed by atoms with Gasteiger partial charge in [0.2, 0.25) is 0 Å². The number of ether oxygens (including phenoxy) is 1. The van der Waals surface area contributed by atoms with Crippen molar-refractivity contribution < 1.29 is 9.84 Å². The van der Waals surface area contributed by atoms with E-state index < -0.39 is 6.10 Å². The maximum absolute atomic E-state index is 10.2. The van der Waals surface area contributed by atoms with Gasteiger partial charge in [0.05, 0.1) is 12.7 Å². The number of aliphatic hydroxyl groups is 1. The fraction of sp³-hybridized carbons (Fsp3) is 0.333. The van der Waals surface area contributed by atoms with Crippen molar-refractivity contribution in [1.29, 1.82) is 0 Å². The first-order valence-electron chi connectivity index (χ1n) is 7.24. The summed E-state index contributed by atoms with van der Waals surface area (Å²) in [5.74, 6) is 0.915. The minimum Gasteiger partial charge on any atom is -0.494 e. The lowest BCUT2D eigenvalue weighted by molar-refractivity contribution is 0.168. The molecule has 0 aliphatic carbocycles. The molecule has 0 aliphatic heterocycles. The Morgan fingerprint density at radius 3 is 2.60 bits per heavy atom. The van der Waals surface area contributed by atoms with Crippen LogP contribution in [0.2, 0.25) is 0 Å². The highest BCUT2D eigenvalue weighted by atomic mass is 16.5. The zero-order chi connectivity index (χ0) is 14.2. The van der Waals surface area contributed by atoms with Gasteiger partial charge in [0, 0.05) is 0 Å². The molecule has 0 heterocycles. The van der Waals surface area contributed by atoms with Gasteiger partial charge in [0.1, 0.15) is 5.75 Å². The Kier molecular flexibility index (Phi) is 5.63. The molecule has 0 saturated carbocycles. The van der Waals surface area contributed by atoms with Crippen LogP contribution >= 0.6 is 0 Å². The van der Waals surface area contributed by atoms with Crippen LogP contribution in [0.25, 0.3) is 0 Å². The molecule has 1 atom stereocenters. The molecule has 2 aromatic rings. The summed E-state index contributed by atoms with van der Waals surface area (Å²) in [5, 5.41) is 10.2. The topological polar surface area (TPSA) is 29.5 Å². The van der Waals surface area contributed by atoms with E-state index in [-0.39, 0.29) is 0 Å². The first kappa shape index (κ1) is 14.6. The molecule has 0 spiro atoms. The van der Waals surface area contributed by atoms with Crippen LogP contribution in [0.5, 0.6) is 5.75 Å². The number of hydrogen-bond acceptors (Lipinski definition) is 2. The molecular formula is C18H22O2. The Labute approximate surface area is 121 Å². The van der Waals surface area contributed by atoms with Gasteiger partial charge in [-0.05, 0) is 42.5 Å². The average Bonchev–Trinajstić information content (AvgIpc) is 2.52. The molecule has 20 heavy (non-hydrogen) atoms. The lowest BCUT2D eigenvalue weighted by atomic mass is 10.0. The van der Waals surface area contributed by atoms with Crippen LogP contribution in [0.4, 0.5) is 0 Å². The maximum atomic E-state index is 10.2. The van der Waals surface area contributed by atoms with Crippen molar-refractivity contribution >= 4 is 0 Å². The molecule has 0 fully saturated rings. The molecule has 0 saturated heterocycles. The third-order valence-electron chi connectivity index (χ3n) is 3.26. The van der Waals surface area contributed by atoms with Gasteiger partial charge in [-0.3, -0.25) is 0 Å². The van der Waals surface area contributed by atoms with Crippen LogP contribution < -0.4 is 4.74 Å². The van der Waals surface area contributed by atoms with E-state index in [1.807, 2.05) is 42.5 Å². The van der Waals surface area contributed by atoms with Gasteiger partial charge in [-0.1, -0.05) is 49.4 Å². The molecule has 2 heteroatoms. The minimum absolute atomic E-state index is 0.406. The quantitative estimate of drug-likeness (QED) is 0.819. The van der Waals surface area contributed by atoms with Gasteiger partial charge < -0.3 is 9.84 Å². The van der Waals surface area contributed by atoms with Gasteiger partial charge in [-0.2, -0.15) is 0 Å². The van der Waals surface area contributed by atoms with Crippen molar-refractivity contribution in [3.8, 4) is 5.75 Å². The highest BCUT2D eigenvalue weighted by molar-refractivity contribution is 5.29. The Balaban J connectivity index is 1.90. The van der Waals surface area contributed by atoms with Gasteiger partial charge in [-0.25, -0.2) is 0 Å². The summed E-state index contributed by atoms with van der Waals surface area (Å²) in [5.41, 5.74) is 2.18. The van der Waals surface area contributed by atoms with Crippen molar-refractivity contribution in [2.24, 2.45) is 0 Å². The Morgan fingerprint density at radius 1 is 1.05 bits per heavy atom. The fourth-order valence-corrected chi connectivity index (χ4v) is 2.16. The number of aliphatic hydroxyl groups excluding tert-OH is 1. The molecule has 1 N–H and O–H groups in total. The van der Waals surface area contributed by atoms with Gasteiger partial charge >= 0.3 is 0 Å². The molecule has 2 aromatic carbocycles. The third-order valence-corrected chi connectivity index (χ3v) is 3.26. The van der Waals surface area contributed by atoms with E-state index >= 15 is 0 Å². The fourth-order valence-electron chi connectivity index (χ4n) is 2.16. The molecule has 0 bridgehead atoms. The van der Waals surface area contributed by atoms with E-state index in [0.717, 1.165) is 37.2 Å². The van der Waals surface area contributed by atoms with Crippen molar-refractivity contribution in [3.63, 3.8) is 0 Å². The summed E-state index contributed by atoms with van der Waals surface area (Å²) in [7, 11) is 0. The Hall–Kier alpha value is -1.80. The molecule has 106 valence electrons. The van der Waals surface area contributed by atoms with E-state index in [0.29, 0.717) is 0 Å². The molecule has 0 amide bonds. The predicted molar refractivity (Wildman–Crippen MR) is 82.0 cm³/mol. The monoisotopic (exact) mass is 270 g/mol. The first-order valence-corrected chi connectivity index (χ1v) is 7.24. The highest BCUT2D eigenvalue weighted by Gasteiger charge is 2.07. The van der Waals surface area contributed by atoms with Crippen LogP contribution in [-0.4, -0.2) is 11.7 Å². The summed E-state index contributed by atoms with van der Waals surface area (Å²) in [6, 6.07) is 17.9. The second kappa shape index (κ2) is 7.71. The third kappa shape index (κ3) is 4.39. The lowest BCUT2D eigenvalue weighted by Crippen LogP contribution is -2.00. The number of benzene rings is 2. The van der Waals surface area contributed by atoms with E-state index in [1.54, 1.807) is 0 Å². The maximum Gasteiger partial charge on any atom is 0.119 e. The van der Waals surface area contributed by atoms with Crippen LogP contribution in [0.3, 0.4) is 0 Å². The van der Waals surface area contributed by atoms with Crippen molar-refractivity contribution in [1.82, 2.24) is 0 Å². The number of hydrogen-bond donors (Lipinski definition) is 1. The molecule has 2 nitrogen and oxygen atoms in total. The Morgan fingerprint density at radius 2 is 1.85 bits per heavy atom. The molecule has 2 rings (SSSR count). The van der Waals surface area contributed by atoms with Crippen molar-refractivity contribution in [2.45, 2.75) is 32.3 Å². The second-order valence-electron chi connectivity index (χ2n) is 4.96. The standard InChI is InChI=1S/C18H22O2/c1-2-13-20-17-10-6-7-15(14-17)11-12-18(19)16-8-4-3-5-9-16/h3-10,14,18-19H,2,11-13H2,1H3. The van der Waals surface area contributed by atoms with Gasteiger partial charge in [-0.15, -0.1) is 0 Å². The molecule has 0 radical (unpaired) electrons. The second-order valence-corrected chi connectivity index (χ2v) is 4.96. The SMILES string of the molecule is CCCOc1cccc(CCC(O)c2ccccc2)c1. The Bertz CT molecular complexity index is 508. The summed E-state index contributed by atoms with van der Waals surface area (Å²) in [6.07, 6.45) is 2.17. The normalized spacial score (nSPS) is 12.1. The van der Waals surface area contributed by atoms with Crippen molar-refractivity contribution in [2.75, 3.05) is 6.61 Å². The van der Waals surface area contributed by atoms with Crippen LogP contribution in [0.1, 0.15) is 37.0 Å². The molecule has 1 unspecified atom stereocenters. The van der Waals surface area contributed by atoms with Crippen LogP contribution in [0, 0.1) is 0 Å². The lowest BCUT2D eigenvalue weighted by Gasteiger charge is -2.11. The van der Waals surface area contributed by atoms with Gasteiger partial charge in [0.25, 0.3) is 0 Å². The minimum atomic E-state index is -0.406. The summed E-state index contributed by atoms with van der Waals surface area (Å²) >= 11 is 0. The summed E-state index contributed by atoms with van der Waals surface area (Å²) in [6.45, 7) is 2.84. The van der Waals surface area contributed by atoms with Crippen molar-refractivity contribution in [3.05, 3.63) is 65.7 Å². The van der Waals surface area contributed by atoms with E-state index in [4.69, 9.17) is 4.74 Å². The van der Waals surface area contributed by atoms with E-state index in [2.05, 4.69) is 19.1 Å². The van der Waals surface area contributed by atoms with E-state index in [9.17, 15) is 5.11 Å². The molecular weight excluding hydrogens is 248 g/mol. The highest BCUT2D eigenvalue weighted by Crippen LogP contribution is 2.20. The van der Waals surface area contributed by atoms with Crippen LogP contribution in [0.15, 0.2) is 54.6 Å².